The van der Waals surface area contributed by atoms with Crippen molar-refractivity contribution in [2.45, 2.75) is 25.9 Å². The molecule has 0 saturated heterocycles. The van der Waals surface area contributed by atoms with Gasteiger partial charge in [0, 0.05) is 11.1 Å². The lowest BCUT2D eigenvalue weighted by Gasteiger charge is -2.05. The molecule has 0 radical (unpaired) electrons. The van der Waals surface area contributed by atoms with Crippen LogP contribution < -0.4 is 0 Å². The molecule has 27 heavy (non-hydrogen) atoms. The van der Waals surface area contributed by atoms with Crippen LogP contribution in [0.25, 0.3) is 11.1 Å². The van der Waals surface area contributed by atoms with Crippen LogP contribution in [0.1, 0.15) is 30.0 Å². The average molecular weight is 364 g/mol. The minimum absolute atomic E-state index is 0.474. The van der Waals surface area contributed by atoms with Crippen LogP contribution in [0.2, 0.25) is 0 Å². The van der Waals surface area contributed by atoms with Crippen molar-refractivity contribution >= 4 is 0 Å². The zero-order valence-electron chi connectivity index (χ0n) is 15.0. The summed E-state index contributed by atoms with van der Waals surface area (Å²) < 4.78 is 39.6. The van der Waals surface area contributed by atoms with Crippen molar-refractivity contribution in [3.8, 4) is 23.0 Å². The summed E-state index contributed by atoms with van der Waals surface area (Å²) in [6.45, 7) is 1.56. The fourth-order valence-corrected chi connectivity index (χ4v) is 2.78. The molecule has 1 atom stereocenters. The molecule has 3 aromatic rings. The molecule has 3 aromatic carbocycles. The summed E-state index contributed by atoms with van der Waals surface area (Å²) in [7, 11) is 0. The number of halogens is 3. The Kier molecular flexibility index (Phi) is 5.98. The molecule has 1 unspecified atom stereocenters. The second-order valence-corrected chi connectivity index (χ2v) is 6.43. The van der Waals surface area contributed by atoms with Crippen LogP contribution >= 0.6 is 0 Å². The molecule has 0 aliphatic carbocycles. The highest BCUT2D eigenvalue weighted by atomic mass is 19.2. The van der Waals surface area contributed by atoms with Gasteiger partial charge in [0.1, 0.15) is 0 Å². The minimum Gasteiger partial charge on any atom is -0.248 e. The standard InChI is InChI=1S/C24H19F3/c1-17(25)6-10-19-4-2-3-5-20(19)11-7-18-8-12-21(13-9-18)22-14-15-23(26)24(27)16-22/h2-5,8-9,12-17H,6,10H2,1H3. The second-order valence-electron chi connectivity index (χ2n) is 6.43. The lowest BCUT2D eigenvalue weighted by molar-refractivity contribution is 0.341. The van der Waals surface area contributed by atoms with Gasteiger partial charge < -0.3 is 0 Å². The van der Waals surface area contributed by atoms with Crippen molar-refractivity contribution in [3.63, 3.8) is 0 Å². The highest BCUT2D eigenvalue weighted by Crippen LogP contribution is 2.22. The molecule has 0 N–H and O–H groups in total. The van der Waals surface area contributed by atoms with E-state index in [9.17, 15) is 13.2 Å². The lowest BCUT2D eigenvalue weighted by atomic mass is 10.0. The third-order valence-electron chi connectivity index (χ3n) is 4.31. The maximum absolute atomic E-state index is 13.4. The molecular formula is C24H19F3. The summed E-state index contributed by atoms with van der Waals surface area (Å²) >= 11 is 0. The van der Waals surface area contributed by atoms with E-state index in [0.717, 1.165) is 28.3 Å². The molecule has 0 spiro atoms. The number of aryl methyl sites for hydroxylation is 1. The van der Waals surface area contributed by atoms with Gasteiger partial charge in [-0.3, -0.25) is 0 Å². The zero-order valence-corrected chi connectivity index (χ0v) is 15.0. The summed E-state index contributed by atoms with van der Waals surface area (Å²) in [5.41, 5.74) is 4.14. The molecule has 0 fully saturated rings. The first-order valence-electron chi connectivity index (χ1n) is 8.82. The highest BCUT2D eigenvalue weighted by Gasteiger charge is 2.05. The maximum Gasteiger partial charge on any atom is 0.159 e. The van der Waals surface area contributed by atoms with Gasteiger partial charge in [-0.2, -0.15) is 0 Å². The van der Waals surface area contributed by atoms with Crippen molar-refractivity contribution in [1.82, 2.24) is 0 Å². The Labute approximate surface area is 157 Å². The van der Waals surface area contributed by atoms with E-state index < -0.39 is 17.8 Å². The normalized spacial score (nSPS) is 11.6. The first-order chi connectivity index (χ1) is 13.0. The Balaban J connectivity index is 1.79. The van der Waals surface area contributed by atoms with Crippen LogP contribution in [0, 0.1) is 23.5 Å². The third-order valence-corrected chi connectivity index (χ3v) is 4.31. The second kappa shape index (κ2) is 8.60. The van der Waals surface area contributed by atoms with Crippen LogP contribution in [0.4, 0.5) is 13.2 Å². The SMILES string of the molecule is CC(F)CCc1ccccc1C#Cc1ccc(-c2ccc(F)c(F)c2)cc1. The number of alkyl halides is 1. The van der Waals surface area contributed by atoms with E-state index >= 15 is 0 Å². The summed E-state index contributed by atoms with van der Waals surface area (Å²) in [5.74, 6) is 4.53. The lowest BCUT2D eigenvalue weighted by Crippen LogP contribution is -1.97. The molecule has 3 heteroatoms. The van der Waals surface area contributed by atoms with Crippen molar-refractivity contribution in [1.29, 1.82) is 0 Å². The first-order valence-corrected chi connectivity index (χ1v) is 8.82. The Morgan fingerprint density at radius 1 is 0.815 bits per heavy atom. The molecule has 136 valence electrons. The summed E-state index contributed by atoms with van der Waals surface area (Å²) in [4.78, 5) is 0. The Hall–Kier alpha value is -2.99. The predicted octanol–water partition coefficient (Wildman–Crippen LogP) is 6.32. The Morgan fingerprint density at radius 3 is 2.22 bits per heavy atom. The number of rotatable bonds is 4. The van der Waals surface area contributed by atoms with Gasteiger partial charge in [-0.25, -0.2) is 13.2 Å². The quantitative estimate of drug-likeness (QED) is 0.475. The van der Waals surface area contributed by atoms with Gasteiger partial charge in [-0.05, 0) is 66.8 Å². The molecule has 3 rings (SSSR count). The van der Waals surface area contributed by atoms with Crippen molar-refractivity contribution in [3.05, 3.63) is 95.1 Å². The van der Waals surface area contributed by atoms with Crippen LogP contribution in [0.3, 0.4) is 0 Å². The molecular weight excluding hydrogens is 345 g/mol. The largest absolute Gasteiger partial charge is 0.248 e. The van der Waals surface area contributed by atoms with E-state index in [1.165, 1.54) is 6.07 Å². The number of hydrogen-bond donors (Lipinski definition) is 0. The van der Waals surface area contributed by atoms with Gasteiger partial charge in [0.15, 0.2) is 11.6 Å². The van der Waals surface area contributed by atoms with Crippen LogP contribution in [-0.4, -0.2) is 6.17 Å². The van der Waals surface area contributed by atoms with E-state index in [1.54, 1.807) is 13.0 Å². The van der Waals surface area contributed by atoms with Gasteiger partial charge in [-0.1, -0.05) is 48.2 Å². The minimum atomic E-state index is -0.865. The van der Waals surface area contributed by atoms with Gasteiger partial charge in [0.25, 0.3) is 0 Å². The van der Waals surface area contributed by atoms with Crippen molar-refractivity contribution in [2.24, 2.45) is 0 Å². The van der Waals surface area contributed by atoms with E-state index in [2.05, 4.69) is 11.8 Å². The van der Waals surface area contributed by atoms with Crippen LogP contribution in [-0.2, 0) is 6.42 Å². The molecule has 0 aromatic heterocycles. The fourth-order valence-electron chi connectivity index (χ4n) is 2.78. The molecule has 0 amide bonds. The summed E-state index contributed by atoms with van der Waals surface area (Å²) in [5, 5.41) is 0. The maximum atomic E-state index is 13.4. The smallest absolute Gasteiger partial charge is 0.159 e. The van der Waals surface area contributed by atoms with E-state index in [1.807, 2.05) is 48.5 Å². The first kappa shape index (κ1) is 18.8. The van der Waals surface area contributed by atoms with Gasteiger partial charge in [0.05, 0.1) is 6.17 Å². The summed E-state index contributed by atoms with van der Waals surface area (Å²) in [6.07, 6.45) is 0.286. The van der Waals surface area contributed by atoms with Gasteiger partial charge in [-0.15, -0.1) is 0 Å². The zero-order chi connectivity index (χ0) is 19.2. The molecule has 0 aliphatic heterocycles. The number of benzene rings is 3. The summed E-state index contributed by atoms with van der Waals surface area (Å²) in [6, 6.07) is 18.9. The molecule has 0 nitrogen and oxygen atoms in total. The molecule has 0 aliphatic rings. The van der Waals surface area contributed by atoms with Crippen molar-refractivity contribution < 1.29 is 13.2 Å². The average Bonchev–Trinajstić information content (AvgIpc) is 2.68. The van der Waals surface area contributed by atoms with E-state index in [4.69, 9.17) is 0 Å². The highest BCUT2D eigenvalue weighted by molar-refractivity contribution is 5.64. The predicted molar refractivity (Wildman–Crippen MR) is 103 cm³/mol. The van der Waals surface area contributed by atoms with Gasteiger partial charge in [0.2, 0.25) is 0 Å². The van der Waals surface area contributed by atoms with E-state index in [0.29, 0.717) is 18.4 Å². The van der Waals surface area contributed by atoms with E-state index in [-0.39, 0.29) is 0 Å². The fraction of sp³-hybridized carbons (Fsp3) is 0.167. The molecule has 0 heterocycles. The molecule has 0 bridgehead atoms. The topological polar surface area (TPSA) is 0 Å². The Bertz CT molecular complexity index is 976. The van der Waals surface area contributed by atoms with Gasteiger partial charge >= 0.3 is 0 Å². The van der Waals surface area contributed by atoms with Crippen LogP contribution in [0.5, 0.6) is 0 Å². The molecule has 0 saturated carbocycles. The Morgan fingerprint density at radius 2 is 1.52 bits per heavy atom. The van der Waals surface area contributed by atoms with Crippen molar-refractivity contribution in [2.75, 3.05) is 0 Å². The number of hydrogen-bond acceptors (Lipinski definition) is 0. The third kappa shape index (κ3) is 5.01. The van der Waals surface area contributed by atoms with Crippen LogP contribution in [0.15, 0.2) is 66.7 Å². The monoisotopic (exact) mass is 364 g/mol.